The first-order valence-electron chi connectivity index (χ1n) is 9.07. The molecule has 1 atom stereocenters. The zero-order valence-corrected chi connectivity index (χ0v) is 15.0. The maximum atomic E-state index is 13.1. The van der Waals surface area contributed by atoms with Gasteiger partial charge in [0.05, 0.1) is 11.3 Å². The van der Waals surface area contributed by atoms with Gasteiger partial charge in [-0.25, -0.2) is 4.79 Å². The van der Waals surface area contributed by atoms with Crippen molar-refractivity contribution in [3.05, 3.63) is 29.8 Å². The van der Waals surface area contributed by atoms with Crippen LogP contribution in [0.5, 0.6) is 0 Å². The number of benzene rings is 1. The van der Waals surface area contributed by atoms with Crippen LogP contribution >= 0.6 is 0 Å². The third-order valence-electron chi connectivity index (χ3n) is 6.04. The fourth-order valence-corrected chi connectivity index (χ4v) is 4.31. The van der Waals surface area contributed by atoms with Gasteiger partial charge in [0.1, 0.15) is 17.7 Å². The van der Waals surface area contributed by atoms with Crippen LogP contribution < -0.4 is 10.2 Å². The minimum Gasteiger partial charge on any atom is -0.480 e. The van der Waals surface area contributed by atoms with E-state index in [9.17, 15) is 24.3 Å². The lowest BCUT2D eigenvalue weighted by Crippen LogP contribution is -2.66. The highest BCUT2D eigenvalue weighted by molar-refractivity contribution is 6.11. The Morgan fingerprint density at radius 2 is 1.89 bits per heavy atom. The van der Waals surface area contributed by atoms with Gasteiger partial charge in [0.15, 0.2) is 0 Å². The number of fused-ring (bicyclic) bond motifs is 3. The summed E-state index contributed by atoms with van der Waals surface area (Å²) in [4.78, 5) is 52.7. The van der Waals surface area contributed by atoms with E-state index in [0.29, 0.717) is 30.5 Å². The second-order valence-electron chi connectivity index (χ2n) is 7.64. The van der Waals surface area contributed by atoms with Gasteiger partial charge >= 0.3 is 5.97 Å². The number of rotatable bonds is 4. The van der Waals surface area contributed by atoms with Gasteiger partial charge in [-0.3, -0.25) is 19.3 Å². The summed E-state index contributed by atoms with van der Waals surface area (Å²) in [6.45, 7) is 1.48. The molecular formula is C19H21N3O5. The summed E-state index contributed by atoms with van der Waals surface area (Å²) < 4.78 is 0. The average Bonchev–Trinajstić information content (AvgIpc) is 2.90. The normalized spacial score (nSPS) is 25.5. The van der Waals surface area contributed by atoms with Crippen molar-refractivity contribution in [3.63, 3.8) is 0 Å². The first-order chi connectivity index (χ1) is 12.8. The molecule has 8 heteroatoms. The van der Waals surface area contributed by atoms with E-state index < -0.39 is 23.1 Å². The fraction of sp³-hybridized carbons (Fsp3) is 0.474. The number of hydrogen-bond donors (Lipinski definition) is 2. The van der Waals surface area contributed by atoms with Crippen LogP contribution in [0, 0.1) is 0 Å². The number of nitrogens with one attached hydrogen (secondary N) is 1. The van der Waals surface area contributed by atoms with E-state index in [0.717, 1.165) is 6.42 Å². The topological polar surface area (TPSA) is 107 Å². The predicted molar refractivity (Wildman–Crippen MR) is 95.0 cm³/mol. The number of nitrogens with zero attached hydrogens (tertiary/aromatic N) is 2. The van der Waals surface area contributed by atoms with E-state index in [2.05, 4.69) is 5.32 Å². The largest absolute Gasteiger partial charge is 0.480 e. The summed E-state index contributed by atoms with van der Waals surface area (Å²) in [7, 11) is 0. The molecule has 142 valence electrons. The molecule has 4 rings (SSSR count). The maximum absolute atomic E-state index is 13.1. The Bertz CT molecular complexity index is 863. The zero-order valence-electron chi connectivity index (χ0n) is 15.0. The molecular weight excluding hydrogens is 350 g/mol. The first-order valence-corrected chi connectivity index (χ1v) is 9.07. The van der Waals surface area contributed by atoms with Crippen LogP contribution in [0.2, 0.25) is 0 Å². The van der Waals surface area contributed by atoms with Crippen LogP contribution in [0.3, 0.4) is 0 Å². The predicted octanol–water partition coefficient (Wildman–Crippen LogP) is 1.11. The lowest BCUT2D eigenvalue weighted by molar-refractivity contribution is -0.152. The van der Waals surface area contributed by atoms with Gasteiger partial charge in [0.2, 0.25) is 11.8 Å². The van der Waals surface area contributed by atoms with Crippen molar-refractivity contribution in [1.82, 2.24) is 10.2 Å². The second kappa shape index (κ2) is 5.80. The van der Waals surface area contributed by atoms with Crippen molar-refractivity contribution in [1.29, 1.82) is 0 Å². The molecule has 1 saturated carbocycles. The molecule has 0 aromatic heterocycles. The molecule has 3 aliphatic rings. The molecule has 0 radical (unpaired) electrons. The molecule has 8 nitrogen and oxygen atoms in total. The van der Waals surface area contributed by atoms with Crippen molar-refractivity contribution in [3.8, 4) is 0 Å². The van der Waals surface area contributed by atoms with Gasteiger partial charge in [-0.2, -0.15) is 0 Å². The average molecular weight is 371 g/mol. The van der Waals surface area contributed by atoms with E-state index >= 15 is 0 Å². The number of carboxylic acid groups (broad SMARTS) is 1. The number of hydrogen-bond acceptors (Lipinski definition) is 4. The van der Waals surface area contributed by atoms with Crippen LogP contribution in [-0.4, -0.2) is 51.4 Å². The lowest BCUT2D eigenvalue weighted by Gasteiger charge is -2.48. The highest BCUT2D eigenvalue weighted by Crippen LogP contribution is 2.44. The van der Waals surface area contributed by atoms with Crippen molar-refractivity contribution in [2.75, 3.05) is 11.4 Å². The van der Waals surface area contributed by atoms with E-state index in [-0.39, 0.29) is 24.8 Å². The number of para-hydroxylation sites is 1. The van der Waals surface area contributed by atoms with Gasteiger partial charge < -0.3 is 15.3 Å². The van der Waals surface area contributed by atoms with Crippen LogP contribution in [0.4, 0.5) is 5.69 Å². The molecule has 0 spiro atoms. The lowest BCUT2D eigenvalue weighted by atomic mass is 9.76. The molecule has 1 unspecified atom stereocenters. The molecule has 3 amide bonds. The number of aliphatic carboxylic acids is 1. The summed E-state index contributed by atoms with van der Waals surface area (Å²) in [6.07, 6.45) is 2.21. The Balaban J connectivity index is 1.64. The molecule has 2 fully saturated rings. The SMILES string of the molecule is CC12CCC(=O)N1c1ccccc1C(=O)N2CC(=O)NC1(C(=O)O)CCC1. The monoisotopic (exact) mass is 371 g/mol. The van der Waals surface area contributed by atoms with Gasteiger partial charge in [-0.1, -0.05) is 12.1 Å². The van der Waals surface area contributed by atoms with Crippen LogP contribution in [0.25, 0.3) is 0 Å². The molecule has 1 saturated heterocycles. The van der Waals surface area contributed by atoms with E-state index in [4.69, 9.17) is 0 Å². The molecule has 2 aliphatic heterocycles. The standard InChI is InChI=1S/C19H21N3O5/c1-18-10-7-15(24)22(18)13-6-3-2-5-12(13)16(25)21(18)11-14(23)20-19(17(26)27)8-4-9-19/h2-3,5-6H,4,7-11H2,1H3,(H,20,23)(H,26,27). The van der Waals surface area contributed by atoms with Crippen molar-refractivity contribution in [2.45, 2.75) is 50.2 Å². The molecule has 1 aliphatic carbocycles. The minimum atomic E-state index is -1.24. The molecule has 1 aromatic rings. The third-order valence-corrected chi connectivity index (χ3v) is 6.04. The van der Waals surface area contributed by atoms with Crippen LogP contribution in [0.1, 0.15) is 49.4 Å². The quantitative estimate of drug-likeness (QED) is 0.824. The molecule has 2 N–H and O–H groups in total. The van der Waals surface area contributed by atoms with Gasteiger partial charge in [-0.15, -0.1) is 0 Å². The first kappa shape index (κ1) is 17.5. The summed E-state index contributed by atoms with van der Waals surface area (Å²) in [5, 5.41) is 12.0. The molecule has 2 heterocycles. The maximum Gasteiger partial charge on any atom is 0.329 e. The summed E-state index contributed by atoms with van der Waals surface area (Å²) in [5.41, 5.74) is -1.24. The van der Waals surface area contributed by atoms with Crippen molar-refractivity contribution >= 4 is 29.4 Å². The van der Waals surface area contributed by atoms with Gasteiger partial charge in [0, 0.05) is 6.42 Å². The van der Waals surface area contributed by atoms with Crippen molar-refractivity contribution < 1.29 is 24.3 Å². The minimum absolute atomic E-state index is 0.0937. The highest BCUT2D eigenvalue weighted by atomic mass is 16.4. The van der Waals surface area contributed by atoms with Gasteiger partial charge in [0.25, 0.3) is 5.91 Å². The van der Waals surface area contributed by atoms with E-state index in [1.54, 1.807) is 36.1 Å². The summed E-state index contributed by atoms with van der Waals surface area (Å²) >= 11 is 0. The van der Waals surface area contributed by atoms with E-state index in [1.165, 1.54) is 4.90 Å². The highest BCUT2D eigenvalue weighted by Gasteiger charge is 2.54. The van der Waals surface area contributed by atoms with E-state index in [1.807, 2.05) is 0 Å². The number of carbonyl (C=O) groups is 4. The Labute approximate surface area is 156 Å². The molecule has 0 bridgehead atoms. The Morgan fingerprint density at radius 1 is 1.19 bits per heavy atom. The second-order valence-corrected chi connectivity index (χ2v) is 7.64. The number of amides is 3. The van der Waals surface area contributed by atoms with Crippen molar-refractivity contribution in [2.24, 2.45) is 0 Å². The third kappa shape index (κ3) is 2.43. The molecule has 1 aromatic carbocycles. The number of anilines is 1. The zero-order chi connectivity index (χ0) is 19.4. The Kier molecular flexibility index (Phi) is 3.76. The summed E-state index contributed by atoms with van der Waals surface area (Å²) in [5.74, 6) is -2.00. The number of carbonyl (C=O) groups excluding carboxylic acids is 3. The summed E-state index contributed by atoms with van der Waals surface area (Å²) in [6, 6.07) is 6.86. The Hall–Kier alpha value is -2.90. The van der Waals surface area contributed by atoms with Crippen LogP contribution in [-0.2, 0) is 14.4 Å². The van der Waals surface area contributed by atoms with Gasteiger partial charge in [-0.05, 0) is 44.7 Å². The smallest absolute Gasteiger partial charge is 0.329 e. The molecule has 27 heavy (non-hydrogen) atoms. The van der Waals surface area contributed by atoms with Crippen LogP contribution in [0.15, 0.2) is 24.3 Å². The number of carboxylic acids is 1. The Morgan fingerprint density at radius 3 is 2.52 bits per heavy atom. The fourth-order valence-electron chi connectivity index (χ4n) is 4.31.